The molecular weight excluding hydrogens is 433 g/mol. The highest BCUT2D eigenvalue weighted by molar-refractivity contribution is 5.79. The Morgan fingerprint density at radius 1 is 0.964 bits per heavy atom. The zero-order chi connectivity index (χ0) is 22.4. The van der Waals surface area contributed by atoms with Gasteiger partial charge in [0.15, 0.2) is 5.79 Å². The first-order valence-corrected chi connectivity index (χ1v) is 6.93. The highest BCUT2D eigenvalue weighted by atomic mass is 19.4. The summed E-state index contributed by atoms with van der Waals surface area (Å²) in [5.74, 6) is -18.3. The first-order valence-electron chi connectivity index (χ1n) is 6.93. The first kappa shape index (κ1) is 24.6. The predicted molar refractivity (Wildman–Crippen MR) is 62.8 cm³/mol. The summed E-state index contributed by atoms with van der Waals surface area (Å²) in [6, 6.07) is 0. The molecule has 5 nitrogen and oxygen atoms in total. The molecule has 0 saturated carbocycles. The van der Waals surface area contributed by atoms with Crippen LogP contribution in [0.3, 0.4) is 0 Å². The van der Waals surface area contributed by atoms with Gasteiger partial charge in [-0.2, -0.15) is 48.3 Å². The molecule has 0 aromatic carbocycles. The van der Waals surface area contributed by atoms with E-state index in [1.54, 1.807) is 0 Å². The molecule has 1 saturated heterocycles. The Labute approximate surface area is 148 Å². The van der Waals surface area contributed by atoms with Gasteiger partial charge in [-0.25, -0.2) is 4.79 Å². The summed E-state index contributed by atoms with van der Waals surface area (Å²) in [7, 11) is 0. The Kier molecular flexibility index (Phi) is 6.26. The summed E-state index contributed by atoms with van der Waals surface area (Å²) in [5, 5.41) is 0. The average Bonchev–Trinajstić information content (AvgIpc) is 2.80. The van der Waals surface area contributed by atoms with E-state index in [2.05, 4.69) is 9.47 Å². The third kappa shape index (κ3) is 4.76. The van der Waals surface area contributed by atoms with Gasteiger partial charge in [-0.05, 0) is 13.8 Å². The van der Waals surface area contributed by atoms with E-state index in [1.165, 1.54) is 13.8 Å². The van der Waals surface area contributed by atoms with Gasteiger partial charge >= 0.3 is 36.2 Å². The number of rotatable bonds is 6. The van der Waals surface area contributed by atoms with Crippen LogP contribution in [0.2, 0.25) is 0 Å². The van der Waals surface area contributed by atoms with Crippen LogP contribution in [0.25, 0.3) is 0 Å². The molecule has 28 heavy (non-hydrogen) atoms. The van der Waals surface area contributed by atoms with Crippen molar-refractivity contribution >= 4 is 5.97 Å². The standard InChI is InChI=1S/C12H11F11O5/c1-7(2)26-4-5(27-7)3-25-6(24)8(13,10(16,17)18)28-12(22,23)9(14,15)11(19,20)21/h5H,3-4H2,1-2H3. The van der Waals surface area contributed by atoms with E-state index in [1.807, 2.05) is 0 Å². The van der Waals surface area contributed by atoms with E-state index >= 15 is 0 Å². The Morgan fingerprint density at radius 3 is 1.82 bits per heavy atom. The van der Waals surface area contributed by atoms with E-state index in [0.717, 1.165) is 0 Å². The summed E-state index contributed by atoms with van der Waals surface area (Å²) in [5.41, 5.74) is 0. The maximum Gasteiger partial charge on any atom is 0.462 e. The molecule has 16 heteroatoms. The Morgan fingerprint density at radius 2 is 1.46 bits per heavy atom. The lowest BCUT2D eigenvalue weighted by atomic mass is 10.2. The summed E-state index contributed by atoms with van der Waals surface area (Å²) in [6.07, 6.45) is -22.4. The fraction of sp³-hybridized carbons (Fsp3) is 0.917. The van der Waals surface area contributed by atoms with Gasteiger partial charge in [0, 0.05) is 0 Å². The van der Waals surface area contributed by atoms with Crippen molar-refractivity contribution in [3.05, 3.63) is 0 Å². The second-order valence-corrected chi connectivity index (χ2v) is 5.83. The van der Waals surface area contributed by atoms with Crippen molar-refractivity contribution in [1.29, 1.82) is 0 Å². The van der Waals surface area contributed by atoms with E-state index in [9.17, 15) is 53.1 Å². The molecule has 1 aliphatic rings. The summed E-state index contributed by atoms with van der Waals surface area (Å²) in [6.45, 7) is 0.975. The number of hydrogen-bond donors (Lipinski definition) is 0. The monoisotopic (exact) mass is 444 g/mol. The Bertz CT molecular complexity index is 585. The molecule has 2 atom stereocenters. The number of hydrogen-bond acceptors (Lipinski definition) is 5. The fourth-order valence-corrected chi connectivity index (χ4v) is 1.73. The van der Waals surface area contributed by atoms with Gasteiger partial charge in [0.1, 0.15) is 12.7 Å². The van der Waals surface area contributed by atoms with E-state index in [-0.39, 0.29) is 0 Å². The van der Waals surface area contributed by atoms with Crippen molar-refractivity contribution in [2.24, 2.45) is 0 Å². The van der Waals surface area contributed by atoms with E-state index < -0.39 is 61.3 Å². The first-order chi connectivity index (χ1) is 12.2. The number of alkyl halides is 11. The Hall–Kier alpha value is -1.42. The fourth-order valence-electron chi connectivity index (χ4n) is 1.73. The van der Waals surface area contributed by atoms with Gasteiger partial charge in [0.25, 0.3) is 0 Å². The van der Waals surface area contributed by atoms with E-state index in [4.69, 9.17) is 9.47 Å². The van der Waals surface area contributed by atoms with Crippen LogP contribution < -0.4 is 0 Å². The maximum atomic E-state index is 13.9. The molecule has 1 heterocycles. The quantitative estimate of drug-likeness (QED) is 0.462. The molecule has 166 valence electrons. The minimum absolute atomic E-state index is 0.408. The van der Waals surface area contributed by atoms with Crippen LogP contribution in [0.5, 0.6) is 0 Å². The molecule has 0 aromatic rings. The SMILES string of the molecule is CC1(C)OCC(COC(=O)C(F)(OC(F)(F)C(F)(F)C(F)(F)F)C(F)(F)F)O1. The zero-order valence-corrected chi connectivity index (χ0v) is 13.7. The van der Waals surface area contributed by atoms with E-state index in [0.29, 0.717) is 0 Å². The second kappa shape index (κ2) is 7.12. The number of carbonyl (C=O) groups excluding carboxylic acids is 1. The van der Waals surface area contributed by atoms with Crippen molar-refractivity contribution in [3.8, 4) is 0 Å². The molecule has 1 rings (SSSR count). The van der Waals surface area contributed by atoms with Crippen LogP contribution in [0.1, 0.15) is 13.8 Å². The van der Waals surface area contributed by atoms with Gasteiger partial charge in [0.2, 0.25) is 0 Å². The van der Waals surface area contributed by atoms with Crippen molar-refractivity contribution in [2.75, 3.05) is 13.2 Å². The molecule has 0 bridgehead atoms. The lowest BCUT2D eigenvalue weighted by molar-refractivity contribution is -0.475. The molecule has 0 radical (unpaired) electrons. The van der Waals surface area contributed by atoms with Gasteiger partial charge in [-0.1, -0.05) is 0 Å². The normalized spacial score (nSPS) is 23.4. The summed E-state index contributed by atoms with van der Waals surface area (Å²) < 4.78 is 155. The molecule has 0 aromatic heterocycles. The Balaban J connectivity index is 3.04. The van der Waals surface area contributed by atoms with Gasteiger partial charge < -0.3 is 14.2 Å². The van der Waals surface area contributed by atoms with Crippen LogP contribution >= 0.6 is 0 Å². The largest absolute Gasteiger partial charge is 0.462 e. The predicted octanol–water partition coefficient (Wildman–Crippen LogP) is 3.72. The lowest BCUT2D eigenvalue weighted by Crippen LogP contribution is -2.62. The number of halogens is 11. The molecular formula is C12H11F11O5. The minimum atomic E-state index is -7.27. The smallest absolute Gasteiger partial charge is 0.458 e. The van der Waals surface area contributed by atoms with Gasteiger partial charge in [-0.3, -0.25) is 4.74 Å². The topological polar surface area (TPSA) is 54.0 Å². The van der Waals surface area contributed by atoms with Crippen molar-refractivity contribution < 1.29 is 72.0 Å². The van der Waals surface area contributed by atoms with Gasteiger partial charge in [0.05, 0.1) is 6.61 Å². The van der Waals surface area contributed by atoms with Crippen molar-refractivity contribution in [2.45, 2.75) is 56.0 Å². The van der Waals surface area contributed by atoms with Crippen molar-refractivity contribution in [1.82, 2.24) is 0 Å². The van der Waals surface area contributed by atoms with Crippen LogP contribution in [0.15, 0.2) is 0 Å². The molecule has 0 amide bonds. The highest BCUT2D eigenvalue weighted by Crippen LogP contribution is 2.51. The van der Waals surface area contributed by atoms with Crippen LogP contribution in [-0.4, -0.2) is 61.3 Å². The third-order valence-corrected chi connectivity index (χ3v) is 3.09. The van der Waals surface area contributed by atoms with Crippen LogP contribution in [0.4, 0.5) is 48.3 Å². The van der Waals surface area contributed by atoms with Gasteiger partial charge in [-0.15, -0.1) is 0 Å². The number of ether oxygens (including phenoxy) is 4. The number of esters is 1. The minimum Gasteiger partial charge on any atom is -0.458 e. The molecule has 2 unspecified atom stereocenters. The highest BCUT2D eigenvalue weighted by Gasteiger charge is 2.80. The zero-order valence-electron chi connectivity index (χ0n) is 13.7. The molecule has 1 aliphatic heterocycles. The molecule has 0 aliphatic carbocycles. The lowest BCUT2D eigenvalue weighted by Gasteiger charge is -2.33. The molecule has 0 spiro atoms. The third-order valence-electron chi connectivity index (χ3n) is 3.09. The summed E-state index contributed by atoms with van der Waals surface area (Å²) >= 11 is 0. The molecule has 1 fully saturated rings. The number of carbonyl (C=O) groups is 1. The van der Waals surface area contributed by atoms with Crippen molar-refractivity contribution in [3.63, 3.8) is 0 Å². The summed E-state index contributed by atoms with van der Waals surface area (Å²) in [4.78, 5) is 11.3. The maximum absolute atomic E-state index is 13.9. The second-order valence-electron chi connectivity index (χ2n) is 5.83. The molecule has 0 N–H and O–H groups in total. The van der Waals surface area contributed by atoms with Crippen LogP contribution in [-0.2, 0) is 23.7 Å². The average molecular weight is 444 g/mol. The van der Waals surface area contributed by atoms with Crippen LogP contribution in [0, 0.1) is 0 Å².